The van der Waals surface area contributed by atoms with Crippen LogP contribution in [0.15, 0.2) is 48.3 Å². The lowest BCUT2D eigenvalue weighted by Crippen LogP contribution is -2.31. The van der Waals surface area contributed by atoms with Crippen LogP contribution in [0.3, 0.4) is 0 Å². The Morgan fingerprint density at radius 1 is 0.933 bits per heavy atom. The summed E-state index contributed by atoms with van der Waals surface area (Å²) in [5.74, 6) is 4.45. The zero-order valence-corrected chi connectivity index (χ0v) is 18.2. The van der Waals surface area contributed by atoms with Crippen molar-refractivity contribution in [3.05, 3.63) is 53.8 Å². The molecule has 0 bridgehead atoms. The zero-order valence-electron chi connectivity index (χ0n) is 18.2. The van der Waals surface area contributed by atoms with Crippen LogP contribution >= 0.6 is 0 Å². The summed E-state index contributed by atoms with van der Waals surface area (Å²) in [5.41, 5.74) is 1.38. The average Bonchev–Trinajstić information content (AvgIpc) is 3.14. The standard InChI is InChI=1S/C26H36N2O2/c1-4-13-27(14-5-1)15-6-16-29-20-26-24-18-28(19-25(24)26)17-21-9-11-23(12-10-21)30-22-7-2-3-8-22/h2,7-12,24-26H,1,3-6,13-20H2/t24-,25+,26?. The SMILES string of the molecule is C1=CC(Oc2ccc(CN3C[C@@H]4C(COCCCN5CCCCC5)[C@@H]4C3)cc2)=CC1. The molecule has 0 aromatic heterocycles. The summed E-state index contributed by atoms with van der Waals surface area (Å²) in [6, 6.07) is 8.61. The fraction of sp³-hybridized carbons (Fsp3) is 0.615. The number of piperidine rings is 2. The number of allylic oxidation sites excluding steroid dienone is 3. The normalized spacial score (nSPS) is 28.5. The van der Waals surface area contributed by atoms with Gasteiger partial charge in [0.05, 0.1) is 6.61 Å². The fourth-order valence-electron chi connectivity index (χ4n) is 5.48. The molecule has 162 valence electrons. The highest BCUT2D eigenvalue weighted by atomic mass is 16.5. The number of fused-ring (bicyclic) bond motifs is 1. The second-order valence-electron chi connectivity index (χ2n) is 9.51. The van der Waals surface area contributed by atoms with E-state index < -0.39 is 0 Å². The van der Waals surface area contributed by atoms with Gasteiger partial charge in [0, 0.05) is 32.8 Å². The summed E-state index contributed by atoms with van der Waals surface area (Å²) in [4.78, 5) is 5.22. The molecule has 0 N–H and O–H groups in total. The molecule has 2 aliphatic heterocycles. The van der Waals surface area contributed by atoms with Gasteiger partial charge in [0.15, 0.2) is 0 Å². The van der Waals surface area contributed by atoms with Crippen LogP contribution in [0.5, 0.6) is 5.75 Å². The summed E-state index contributed by atoms with van der Waals surface area (Å²) >= 11 is 0. The number of benzene rings is 1. The second-order valence-corrected chi connectivity index (χ2v) is 9.51. The summed E-state index contributed by atoms with van der Waals surface area (Å²) in [6.45, 7) is 9.28. The first-order valence-corrected chi connectivity index (χ1v) is 12.0. The Hall–Kier alpha value is -1.62. The molecular formula is C26H36N2O2. The molecule has 4 heteroatoms. The van der Waals surface area contributed by atoms with Gasteiger partial charge in [0.25, 0.3) is 0 Å². The van der Waals surface area contributed by atoms with Crippen molar-refractivity contribution in [1.29, 1.82) is 0 Å². The Labute approximate surface area is 181 Å². The van der Waals surface area contributed by atoms with E-state index in [1.165, 1.54) is 64.0 Å². The van der Waals surface area contributed by atoms with E-state index in [2.05, 4.69) is 46.2 Å². The van der Waals surface area contributed by atoms with E-state index in [4.69, 9.17) is 9.47 Å². The minimum absolute atomic E-state index is 0.819. The first kappa shape index (κ1) is 20.3. The Bertz CT molecular complexity index is 739. The molecule has 3 fully saturated rings. The van der Waals surface area contributed by atoms with Crippen molar-refractivity contribution < 1.29 is 9.47 Å². The van der Waals surface area contributed by atoms with Crippen LogP contribution in [0, 0.1) is 17.8 Å². The molecule has 4 aliphatic rings. The molecule has 1 unspecified atom stereocenters. The lowest BCUT2D eigenvalue weighted by molar-refractivity contribution is 0.0967. The maximum atomic E-state index is 6.04. The van der Waals surface area contributed by atoms with E-state index in [1.54, 1.807) is 0 Å². The number of rotatable bonds is 10. The van der Waals surface area contributed by atoms with Crippen LogP contribution in [0.2, 0.25) is 0 Å². The third-order valence-electron chi connectivity index (χ3n) is 7.27. The van der Waals surface area contributed by atoms with Crippen LogP contribution in [0.1, 0.15) is 37.7 Å². The molecule has 3 atom stereocenters. The van der Waals surface area contributed by atoms with Crippen molar-refractivity contribution in [3.8, 4) is 5.75 Å². The third-order valence-corrected chi connectivity index (χ3v) is 7.27. The van der Waals surface area contributed by atoms with Gasteiger partial charge >= 0.3 is 0 Å². The molecule has 1 aromatic carbocycles. The number of ether oxygens (including phenoxy) is 2. The highest BCUT2D eigenvalue weighted by Crippen LogP contribution is 2.52. The van der Waals surface area contributed by atoms with E-state index in [0.717, 1.165) is 55.4 Å². The Kier molecular flexibility index (Phi) is 6.54. The van der Waals surface area contributed by atoms with Crippen molar-refractivity contribution in [2.24, 2.45) is 17.8 Å². The van der Waals surface area contributed by atoms with Crippen molar-refractivity contribution >= 4 is 0 Å². The molecule has 5 rings (SSSR count). The number of hydrogen-bond donors (Lipinski definition) is 0. The van der Waals surface area contributed by atoms with Gasteiger partial charge in [-0.2, -0.15) is 0 Å². The molecule has 2 aliphatic carbocycles. The Balaban J connectivity index is 0.958. The van der Waals surface area contributed by atoms with Crippen molar-refractivity contribution in [2.75, 3.05) is 45.9 Å². The number of hydrogen-bond acceptors (Lipinski definition) is 4. The second kappa shape index (κ2) is 9.67. The van der Waals surface area contributed by atoms with Crippen LogP contribution < -0.4 is 4.74 Å². The summed E-state index contributed by atoms with van der Waals surface area (Å²) in [6.07, 6.45) is 12.6. The fourth-order valence-corrected chi connectivity index (χ4v) is 5.48. The Morgan fingerprint density at radius 2 is 1.73 bits per heavy atom. The van der Waals surface area contributed by atoms with E-state index in [9.17, 15) is 0 Å². The molecule has 2 heterocycles. The number of nitrogens with zero attached hydrogens (tertiary/aromatic N) is 2. The minimum Gasteiger partial charge on any atom is -0.458 e. The first-order chi connectivity index (χ1) is 14.8. The summed E-state index contributed by atoms with van der Waals surface area (Å²) < 4.78 is 11.9. The van der Waals surface area contributed by atoms with Crippen molar-refractivity contribution in [2.45, 2.75) is 38.6 Å². The maximum Gasteiger partial charge on any atom is 0.127 e. The minimum atomic E-state index is 0.819. The van der Waals surface area contributed by atoms with Gasteiger partial charge in [0.2, 0.25) is 0 Å². The maximum absolute atomic E-state index is 6.04. The molecule has 30 heavy (non-hydrogen) atoms. The highest BCUT2D eigenvalue weighted by Gasteiger charge is 2.55. The molecular weight excluding hydrogens is 372 g/mol. The molecule has 0 radical (unpaired) electrons. The molecule has 1 aromatic rings. The summed E-state index contributed by atoms with van der Waals surface area (Å²) in [5, 5.41) is 0. The van der Waals surface area contributed by atoms with Gasteiger partial charge in [-0.25, -0.2) is 0 Å². The molecule has 0 spiro atoms. The molecule has 1 saturated carbocycles. The highest BCUT2D eigenvalue weighted by molar-refractivity contribution is 5.32. The predicted molar refractivity (Wildman–Crippen MR) is 120 cm³/mol. The largest absolute Gasteiger partial charge is 0.458 e. The first-order valence-electron chi connectivity index (χ1n) is 12.0. The topological polar surface area (TPSA) is 24.9 Å². The molecule has 4 nitrogen and oxygen atoms in total. The van der Waals surface area contributed by atoms with E-state index >= 15 is 0 Å². The predicted octanol–water partition coefficient (Wildman–Crippen LogP) is 4.48. The molecule has 2 saturated heterocycles. The van der Waals surface area contributed by atoms with Crippen LogP contribution in [-0.2, 0) is 11.3 Å². The van der Waals surface area contributed by atoms with E-state index in [0.29, 0.717) is 0 Å². The van der Waals surface area contributed by atoms with Crippen LogP contribution in [-0.4, -0.2) is 55.7 Å². The lowest BCUT2D eigenvalue weighted by Gasteiger charge is -2.26. The van der Waals surface area contributed by atoms with Crippen molar-refractivity contribution in [1.82, 2.24) is 9.80 Å². The zero-order chi connectivity index (χ0) is 20.2. The van der Waals surface area contributed by atoms with Gasteiger partial charge in [-0.3, -0.25) is 4.90 Å². The van der Waals surface area contributed by atoms with Gasteiger partial charge in [-0.1, -0.05) is 24.6 Å². The quantitative estimate of drug-likeness (QED) is 0.533. The smallest absolute Gasteiger partial charge is 0.127 e. The average molecular weight is 409 g/mol. The van der Waals surface area contributed by atoms with Crippen LogP contribution in [0.4, 0.5) is 0 Å². The van der Waals surface area contributed by atoms with Gasteiger partial charge in [0.1, 0.15) is 11.5 Å². The number of likely N-dealkylation sites (tertiary alicyclic amines) is 2. The van der Waals surface area contributed by atoms with Gasteiger partial charge < -0.3 is 14.4 Å². The van der Waals surface area contributed by atoms with Gasteiger partial charge in [-0.05, 0) is 86.4 Å². The van der Waals surface area contributed by atoms with Crippen molar-refractivity contribution in [3.63, 3.8) is 0 Å². The molecule has 0 amide bonds. The van der Waals surface area contributed by atoms with E-state index in [-0.39, 0.29) is 0 Å². The monoisotopic (exact) mass is 408 g/mol. The van der Waals surface area contributed by atoms with E-state index in [1.807, 2.05) is 6.08 Å². The Morgan fingerprint density at radius 3 is 2.47 bits per heavy atom. The van der Waals surface area contributed by atoms with Gasteiger partial charge in [-0.15, -0.1) is 0 Å². The summed E-state index contributed by atoms with van der Waals surface area (Å²) in [7, 11) is 0. The lowest BCUT2D eigenvalue weighted by atomic mass is 10.1. The third kappa shape index (κ3) is 5.16. The van der Waals surface area contributed by atoms with Crippen LogP contribution in [0.25, 0.3) is 0 Å².